The molecular weight excluding hydrogens is 240 g/mol. The van der Waals surface area contributed by atoms with E-state index in [9.17, 15) is 4.79 Å². The number of hydrogen-bond acceptors (Lipinski definition) is 4. The molecule has 2 N–H and O–H groups in total. The van der Waals surface area contributed by atoms with Crippen LogP contribution in [0, 0.1) is 11.3 Å². The summed E-state index contributed by atoms with van der Waals surface area (Å²) in [6.45, 7) is 0. The number of rotatable bonds is 3. The third-order valence-electron chi connectivity index (χ3n) is 2.53. The van der Waals surface area contributed by atoms with Gasteiger partial charge in [0.15, 0.2) is 0 Å². The van der Waals surface area contributed by atoms with Crippen molar-refractivity contribution in [2.24, 2.45) is 0 Å². The van der Waals surface area contributed by atoms with E-state index in [0.29, 0.717) is 16.9 Å². The molecule has 0 unspecified atom stereocenters. The summed E-state index contributed by atoms with van der Waals surface area (Å²) < 4.78 is 0. The van der Waals surface area contributed by atoms with Crippen molar-refractivity contribution in [1.82, 2.24) is 4.98 Å². The number of hydrogen-bond donors (Lipinski definition) is 2. The van der Waals surface area contributed by atoms with Crippen molar-refractivity contribution >= 4 is 17.3 Å². The van der Waals surface area contributed by atoms with Gasteiger partial charge in [0.05, 0.1) is 23.5 Å². The molecule has 1 amide bonds. The number of nitrogens with one attached hydrogen (secondary N) is 2. The fourth-order valence-electron chi connectivity index (χ4n) is 1.54. The van der Waals surface area contributed by atoms with Crippen molar-refractivity contribution < 1.29 is 4.79 Å². The fraction of sp³-hybridized carbons (Fsp3) is 0.0714. The summed E-state index contributed by atoms with van der Waals surface area (Å²) in [6, 6.07) is 12.2. The van der Waals surface area contributed by atoms with Crippen molar-refractivity contribution in [2.45, 2.75) is 0 Å². The zero-order chi connectivity index (χ0) is 13.7. The van der Waals surface area contributed by atoms with E-state index in [1.807, 2.05) is 6.07 Å². The second-order valence-electron chi connectivity index (χ2n) is 3.83. The van der Waals surface area contributed by atoms with Crippen LogP contribution in [0.4, 0.5) is 11.4 Å². The van der Waals surface area contributed by atoms with E-state index in [0.717, 1.165) is 5.69 Å². The molecule has 1 aromatic carbocycles. The SMILES string of the molecule is CNc1ccc(C(=O)Nc2cccc(C#N)c2)nc1. The first-order valence-corrected chi connectivity index (χ1v) is 5.68. The predicted octanol–water partition coefficient (Wildman–Crippen LogP) is 2.25. The van der Waals surface area contributed by atoms with E-state index in [-0.39, 0.29) is 5.91 Å². The highest BCUT2D eigenvalue weighted by Crippen LogP contribution is 2.12. The molecule has 1 aromatic heterocycles. The minimum atomic E-state index is -0.308. The Morgan fingerprint density at radius 3 is 2.74 bits per heavy atom. The van der Waals surface area contributed by atoms with E-state index in [4.69, 9.17) is 5.26 Å². The maximum Gasteiger partial charge on any atom is 0.274 e. The van der Waals surface area contributed by atoms with Gasteiger partial charge >= 0.3 is 0 Å². The molecule has 0 aliphatic carbocycles. The lowest BCUT2D eigenvalue weighted by Gasteiger charge is -2.05. The normalized spacial score (nSPS) is 9.47. The molecule has 1 heterocycles. The van der Waals surface area contributed by atoms with Gasteiger partial charge in [-0.1, -0.05) is 6.07 Å². The Hall–Kier alpha value is -2.87. The van der Waals surface area contributed by atoms with Gasteiger partial charge in [-0.3, -0.25) is 4.79 Å². The van der Waals surface area contributed by atoms with Crippen LogP contribution in [0.3, 0.4) is 0 Å². The maximum atomic E-state index is 11.9. The molecular formula is C14H12N4O. The Balaban J connectivity index is 2.13. The summed E-state index contributed by atoms with van der Waals surface area (Å²) >= 11 is 0. The highest BCUT2D eigenvalue weighted by molar-refractivity contribution is 6.03. The van der Waals surface area contributed by atoms with Gasteiger partial charge in [0.1, 0.15) is 5.69 Å². The second-order valence-corrected chi connectivity index (χ2v) is 3.83. The smallest absolute Gasteiger partial charge is 0.274 e. The predicted molar refractivity (Wildman–Crippen MR) is 72.9 cm³/mol. The molecule has 94 valence electrons. The van der Waals surface area contributed by atoms with Crippen molar-refractivity contribution in [2.75, 3.05) is 17.7 Å². The minimum absolute atomic E-state index is 0.308. The van der Waals surface area contributed by atoms with Gasteiger partial charge in [-0.05, 0) is 30.3 Å². The second kappa shape index (κ2) is 5.65. The largest absolute Gasteiger partial charge is 0.387 e. The van der Waals surface area contributed by atoms with Gasteiger partial charge in [-0.25, -0.2) is 4.98 Å². The maximum absolute atomic E-state index is 11.9. The quantitative estimate of drug-likeness (QED) is 0.878. The van der Waals surface area contributed by atoms with Gasteiger partial charge < -0.3 is 10.6 Å². The minimum Gasteiger partial charge on any atom is -0.387 e. The Kier molecular flexibility index (Phi) is 3.74. The summed E-state index contributed by atoms with van der Waals surface area (Å²) in [6.07, 6.45) is 1.58. The van der Waals surface area contributed by atoms with Crippen LogP contribution in [-0.2, 0) is 0 Å². The molecule has 0 spiro atoms. The number of anilines is 2. The Morgan fingerprint density at radius 2 is 2.11 bits per heavy atom. The summed E-state index contributed by atoms with van der Waals surface area (Å²) in [5.41, 5.74) is 2.23. The van der Waals surface area contributed by atoms with Crippen LogP contribution < -0.4 is 10.6 Å². The first-order chi connectivity index (χ1) is 9.22. The summed E-state index contributed by atoms with van der Waals surface area (Å²) in [5.74, 6) is -0.308. The van der Waals surface area contributed by atoms with Crippen LogP contribution in [0.1, 0.15) is 16.1 Å². The van der Waals surface area contributed by atoms with E-state index >= 15 is 0 Å². The molecule has 2 aromatic rings. The number of carbonyl (C=O) groups is 1. The summed E-state index contributed by atoms with van der Waals surface area (Å²) in [7, 11) is 1.78. The number of aromatic nitrogens is 1. The lowest BCUT2D eigenvalue weighted by molar-refractivity contribution is 0.102. The molecule has 0 radical (unpaired) electrons. The van der Waals surface area contributed by atoms with Crippen LogP contribution >= 0.6 is 0 Å². The van der Waals surface area contributed by atoms with Crippen LogP contribution in [-0.4, -0.2) is 17.9 Å². The molecule has 0 bridgehead atoms. The third kappa shape index (κ3) is 3.07. The van der Waals surface area contributed by atoms with Crippen LogP contribution in [0.25, 0.3) is 0 Å². The molecule has 0 aliphatic heterocycles. The van der Waals surface area contributed by atoms with Crippen molar-refractivity contribution in [3.8, 4) is 6.07 Å². The number of benzene rings is 1. The van der Waals surface area contributed by atoms with Crippen LogP contribution in [0.15, 0.2) is 42.6 Å². The standard InChI is InChI=1S/C14H12N4O/c1-16-12-5-6-13(17-9-12)14(19)18-11-4-2-3-10(7-11)8-15/h2-7,9,16H,1H3,(H,18,19). The van der Waals surface area contributed by atoms with Gasteiger partial charge in [-0.15, -0.1) is 0 Å². The van der Waals surface area contributed by atoms with Gasteiger partial charge in [-0.2, -0.15) is 5.26 Å². The zero-order valence-electron chi connectivity index (χ0n) is 10.3. The molecule has 2 rings (SSSR count). The average Bonchev–Trinajstić information content (AvgIpc) is 2.47. The van der Waals surface area contributed by atoms with Crippen molar-refractivity contribution in [1.29, 1.82) is 5.26 Å². The molecule has 5 heteroatoms. The highest BCUT2D eigenvalue weighted by atomic mass is 16.1. The molecule has 0 fully saturated rings. The number of amides is 1. The Morgan fingerprint density at radius 1 is 1.26 bits per heavy atom. The first-order valence-electron chi connectivity index (χ1n) is 5.68. The van der Waals surface area contributed by atoms with Gasteiger partial charge in [0.2, 0.25) is 0 Å². The third-order valence-corrected chi connectivity index (χ3v) is 2.53. The Bertz CT molecular complexity index is 629. The summed E-state index contributed by atoms with van der Waals surface area (Å²) in [4.78, 5) is 16.0. The number of carbonyl (C=O) groups excluding carboxylic acids is 1. The van der Waals surface area contributed by atoms with E-state index in [2.05, 4.69) is 15.6 Å². The average molecular weight is 252 g/mol. The highest BCUT2D eigenvalue weighted by Gasteiger charge is 2.07. The number of nitrogens with zero attached hydrogens (tertiary/aromatic N) is 2. The van der Waals surface area contributed by atoms with E-state index < -0.39 is 0 Å². The van der Waals surface area contributed by atoms with Crippen LogP contribution in [0.2, 0.25) is 0 Å². The van der Waals surface area contributed by atoms with Gasteiger partial charge in [0, 0.05) is 12.7 Å². The monoisotopic (exact) mass is 252 g/mol. The molecule has 5 nitrogen and oxygen atoms in total. The van der Waals surface area contributed by atoms with Crippen molar-refractivity contribution in [3.05, 3.63) is 53.9 Å². The summed E-state index contributed by atoms with van der Waals surface area (Å²) in [5, 5.41) is 14.4. The molecule has 0 atom stereocenters. The number of pyridine rings is 1. The van der Waals surface area contributed by atoms with Gasteiger partial charge in [0.25, 0.3) is 5.91 Å². The first kappa shape index (κ1) is 12.6. The fourth-order valence-corrected chi connectivity index (χ4v) is 1.54. The molecule has 0 aliphatic rings. The van der Waals surface area contributed by atoms with E-state index in [1.54, 1.807) is 49.6 Å². The van der Waals surface area contributed by atoms with Crippen molar-refractivity contribution in [3.63, 3.8) is 0 Å². The lowest BCUT2D eigenvalue weighted by atomic mass is 10.2. The zero-order valence-corrected chi connectivity index (χ0v) is 10.3. The van der Waals surface area contributed by atoms with Crippen LogP contribution in [0.5, 0.6) is 0 Å². The number of nitriles is 1. The molecule has 0 saturated heterocycles. The Labute approximate surface area is 110 Å². The molecule has 0 saturated carbocycles. The lowest BCUT2D eigenvalue weighted by Crippen LogP contribution is -2.13. The van der Waals surface area contributed by atoms with E-state index in [1.165, 1.54) is 0 Å². The molecule has 19 heavy (non-hydrogen) atoms. The topological polar surface area (TPSA) is 77.8 Å².